The summed E-state index contributed by atoms with van der Waals surface area (Å²) < 4.78 is 0. The highest BCUT2D eigenvalue weighted by Gasteiger charge is 2.07. The molecule has 0 aliphatic heterocycles. The number of nitrogens with one attached hydrogen (secondary N) is 3. The largest absolute Gasteiger partial charge is 0.352 e. The Bertz CT molecular complexity index is 843. The Morgan fingerprint density at radius 2 is 1.31 bits per heavy atom. The molecule has 2 aromatic carbocycles. The van der Waals surface area contributed by atoms with Crippen LogP contribution in [0, 0.1) is 0 Å². The normalized spacial score (nSPS) is 11.0. The highest BCUT2D eigenvalue weighted by molar-refractivity contribution is 5.94. The molecule has 7 nitrogen and oxygen atoms in total. The summed E-state index contributed by atoms with van der Waals surface area (Å²) in [5, 5.41) is 9.29. The molecule has 0 atom stereocenters. The quantitative estimate of drug-likeness (QED) is 0.494. The number of benzene rings is 2. The summed E-state index contributed by atoms with van der Waals surface area (Å²) in [7, 11) is 5.19. The Labute approximate surface area is 172 Å². The number of guanidine groups is 1. The predicted octanol–water partition coefficient (Wildman–Crippen LogP) is 2.00. The summed E-state index contributed by atoms with van der Waals surface area (Å²) >= 11 is 0. The van der Waals surface area contributed by atoms with Gasteiger partial charge < -0.3 is 20.9 Å². The first kappa shape index (κ1) is 21.9. The summed E-state index contributed by atoms with van der Waals surface area (Å²) in [5.74, 6) is 0.592. The number of nitrogens with zero attached hydrogens (tertiary/aromatic N) is 2. The fraction of sp³-hybridized carbons (Fsp3) is 0.318. The average Bonchev–Trinajstić information content (AvgIpc) is 2.74. The molecule has 7 heteroatoms. The van der Waals surface area contributed by atoms with Gasteiger partial charge in [-0.15, -0.1) is 0 Å². The topological polar surface area (TPSA) is 85.8 Å². The van der Waals surface area contributed by atoms with Crippen LogP contribution in [0.4, 0.5) is 0 Å². The number of hydrogen-bond acceptors (Lipinski definition) is 3. The van der Waals surface area contributed by atoms with E-state index in [4.69, 9.17) is 0 Å². The minimum atomic E-state index is -0.0669. The smallest absolute Gasteiger partial charge is 0.253 e. The zero-order valence-corrected chi connectivity index (χ0v) is 17.5. The Balaban J connectivity index is 1.85. The molecule has 0 radical (unpaired) electrons. The lowest BCUT2D eigenvalue weighted by molar-refractivity contribution is 0.0827. The van der Waals surface area contributed by atoms with Crippen molar-refractivity contribution in [3.63, 3.8) is 0 Å². The molecule has 0 aliphatic rings. The van der Waals surface area contributed by atoms with Crippen LogP contribution in [-0.2, 0) is 13.1 Å². The summed E-state index contributed by atoms with van der Waals surface area (Å²) in [6.45, 7) is 3.68. The van der Waals surface area contributed by atoms with Crippen LogP contribution >= 0.6 is 0 Å². The van der Waals surface area contributed by atoms with Crippen LogP contribution < -0.4 is 16.0 Å². The van der Waals surface area contributed by atoms with Crippen molar-refractivity contribution in [2.45, 2.75) is 20.0 Å². The van der Waals surface area contributed by atoms with E-state index < -0.39 is 0 Å². The van der Waals surface area contributed by atoms with Gasteiger partial charge in [0.15, 0.2) is 5.96 Å². The number of carbonyl (C=O) groups excluding carboxylic acids is 2. The zero-order valence-electron chi connectivity index (χ0n) is 17.5. The Hall–Kier alpha value is -3.35. The molecule has 0 fully saturated rings. The summed E-state index contributed by atoms with van der Waals surface area (Å²) in [5.41, 5.74) is 3.41. The molecular weight excluding hydrogens is 366 g/mol. The standard InChI is InChI=1S/C22H29N5O2/c1-5-24-20(28)18-10-6-16(7-11-18)14-25-22(23-2)26-15-17-8-12-19(13-9-17)21(29)27(3)4/h6-13H,5,14-15H2,1-4H3,(H,24,28)(H2,23,25,26). The molecule has 2 rings (SSSR count). The van der Waals surface area contributed by atoms with Gasteiger partial charge in [-0.2, -0.15) is 0 Å². The fourth-order valence-electron chi connectivity index (χ4n) is 2.65. The van der Waals surface area contributed by atoms with E-state index in [-0.39, 0.29) is 11.8 Å². The second kappa shape index (κ2) is 10.8. The molecule has 2 aromatic rings. The van der Waals surface area contributed by atoms with Crippen LogP contribution in [0.1, 0.15) is 38.8 Å². The van der Waals surface area contributed by atoms with E-state index in [2.05, 4.69) is 20.9 Å². The van der Waals surface area contributed by atoms with Gasteiger partial charge in [-0.25, -0.2) is 0 Å². The van der Waals surface area contributed by atoms with Crippen LogP contribution in [0.3, 0.4) is 0 Å². The summed E-state index contributed by atoms with van der Waals surface area (Å²) in [6, 6.07) is 15.0. The van der Waals surface area contributed by atoms with E-state index in [0.717, 1.165) is 11.1 Å². The molecular formula is C22H29N5O2. The van der Waals surface area contributed by atoms with Gasteiger partial charge in [0.2, 0.25) is 0 Å². The maximum absolute atomic E-state index is 11.9. The van der Waals surface area contributed by atoms with Crippen molar-refractivity contribution in [3.8, 4) is 0 Å². The van der Waals surface area contributed by atoms with Crippen LogP contribution in [0.25, 0.3) is 0 Å². The van der Waals surface area contributed by atoms with E-state index in [0.29, 0.717) is 36.7 Å². The molecule has 0 unspecified atom stereocenters. The fourth-order valence-corrected chi connectivity index (χ4v) is 2.65. The first-order chi connectivity index (χ1) is 13.9. The SMILES string of the molecule is CCNC(=O)c1ccc(CNC(=NC)NCc2ccc(C(=O)N(C)C)cc2)cc1. The predicted molar refractivity (Wildman–Crippen MR) is 116 cm³/mol. The zero-order chi connectivity index (χ0) is 21.2. The van der Waals surface area contributed by atoms with Crippen LogP contribution in [0.15, 0.2) is 53.5 Å². The molecule has 0 aliphatic carbocycles. The van der Waals surface area contributed by atoms with Gasteiger partial charge in [0.25, 0.3) is 11.8 Å². The van der Waals surface area contributed by atoms with Crippen molar-refractivity contribution in [1.82, 2.24) is 20.9 Å². The molecule has 0 aromatic heterocycles. The molecule has 0 saturated heterocycles. The Morgan fingerprint density at radius 3 is 1.72 bits per heavy atom. The maximum Gasteiger partial charge on any atom is 0.253 e. The number of rotatable bonds is 7. The van der Waals surface area contributed by atoms with Gasteiger partial charge in [-0.3, -0.25) is 14.6 Å². The maximum atomic E-state index is 11.9. The molecule has 154 valence electrons. The second-order valence-corrected chi connectivity index (χ2v) is 6.73. The molecule has 0 spiro atoms. The van der Waals surface area contributed by atoms with E-state index in [1.165, 1.54) is 0 Å². The third kappa shape index (κ3) is 6.64. The van der Waals surface area contributed by atoms with Crippen molar-refractivity contribution in [1.29, 1.82) is 0 Å². The van der Waals surface area contributed by atoms with Crippen LogP contribution in [-0.4, -0.2) is 50.4 Å². The van der Waals surface area contributed by atoms with Crippen molar-refractivity contribution in [2.24, 2.45) is 4.99 Å². The molecule has 0 bridgehead atoms. The minimum Gasteiger partial charge on any atom is -0.352 e. The monoisotopic (exact) mass is 395 g/mol. The number of aliphatic imine (C=N–C) groups is 1. The van der Waals surface area contributed by atoms with E-state index >= 15 is 0 Å². The number of carbonyl (C=O) groups is 2. The molecule has 29 heavy (non-hydrogen) atoms. The molecule has 0 heterocycles. The van der Waals surface area contributed by atoms with Gasteiger partial charge >= 0.3 is 0 Å². The van der Waals surface area contributed by atoms with Crippen LogP contribution in [0.5, 0.6) is 0 Å². The highest BCUT2D eigenvalue weighted by atomic mass is 16.2. The van der Waals surface area contributed by atoms with Crippen molar-refractivity contribution < 1.29 is 9.59 Å². The lowest BCUT2D eigenvalue weighted by atomic mass is 10.1. The summed E-state index contributed by atoms with van der Waals surface area (Å²) in [4.78, 5) is 29.5. The van der Waals surface area contributed by atoms with Gasteiger partial charge in [0, 0.05) is 51.9 Å². The van der Waals surface area contributed by atoms with Gasteiger partial charge in [-0.05, 0) is 42.3 Å². The Morgan fingerprint density at radius 1 is 0.828 bits per heavy atom. The number of hydrogen-bond donors (Lipinski definition) is 3. The van der Waals surface area contributed by atoms with Gasteiger partial charge in [0.05, 0.1) is 0 Å². The van der Waals surface area contributed by atoms with E-state index in [1.807, 2.05) is 55.5 Å². The summed E-state index contributed by atoms with van der Waals surface area (Å²) in [6.07, 6.45) is 0. The van der Waals surface area contributed by atoms with Crippen molar-refractivity contribution in [2.75, 3.05) is 27.7 Å². The lowest BCUT2D eigenvalue weighted by Crippen LogP contribution is -2.36. The molecule has 3 N–H and O–H groups in total. The minimum absolute atomic E-state index is 0.0137. The number of amides is 2. The first-order valence-corrected chi connectivity index (χ1v) is 9.56. The van der Waals surface area contributed by atoms with Crippen molar-refractivity contribution >= 4 is 17.8 Å². The molecule has 0 saturated carbocycles. The van der Waals surface area contributed by atoms with E-state index in [9.17, 15) is 9.59 Å². The third-order valence-corrected chi connectivity index (χ3v) is 4.30. The van der Waals surface area contributed by atoms with Crippen molar-refractivity contribution in [3.05, 3.63) is 70.8 Å². The van der Waals surface area contributed by atoms with Gasteiger partial charge in [-0.1, -0.05) is 24.3 Å². The second-order valence-electron chi connectivity index (χ2n) is 6.73. The highest BCUT2D eigenvalue weighted by Crippen LogP contribution is 2.07. The molecule has 2 amide bonds. The van der Waals surface area contributed by atoms with Crippen LogP contribution in [0.2, 0.25) is 0 Å². The first-order valence-electron chi connectivity index (χ1n) is 9.56. The third-order valence-electron chi connectivity index (χ3n) is 4.30. The average molecular weight is 396 g/mol. The lowest BCUT2D eigenvalue weighted by Gasteiger charge is -2.13. The van der Waals surface area contributed by atoms with Gasteiger partial charge in [0.1, 0.15) is 0 Å². The van der Waals surface area contributed by atoms with E-state index in [1.54, 1.807) is 26.0 Å². The Kier molecular flexibility index (Phi) is 8.21.